The average molecular weight is 279 g/mol. The SMILES string of the molecule is COCC1CCN(C(C)C(=O)c2ccc(F)cc2)CC1. The Labute approximate surface area is 119 Å². The first-order valence-electron chi connectivity index (χ1n) is 7.14. The first kappa shape index (κ1) is 15.1. The Bertz CT molecular complexity index is 438. The van der Waals surface area contributed by atoms with E-state index in [4.69, 9.17) is 4.74 Å². The van der Waals surface area contributed by atoms with Gasteiger partial charge in [-0.1, -0.05) is 0 Å². The zero-order chi connectivity index (χ0) is 14.5. The molecule has 0 amide bonds. The van der Waals surface area contributed by atoms with E-state index in [1.807, 2.05) is 6.92 Å². The van der Waals surface area contributed by atoms with Gasteiger partial charge in [-0.15, -0.1) is 0 Å². The van der Waals surface area contributed by atoms with Gasteiger partial charge in [0.2, 0.25) is 0 Å². The summed E-state index contributed by atoms with van der Waals surface area (Å²) in [7, 11) is 1.73. The van der Waals surface area contributed by atoms with Gasteiger partial charge in [-0.2, -0.15) is 0 Å². The summed E-state index contributed by atoms with van der Waals surface area (Å²) in [6.07, 6.45) is 2.13. The summed E-state index contributed by atoms with van der Waals surface area (Å²) in [5.74, 6) is 0.356. The molecule has 2 rings (SSSR count). The van der Waals surface area contributed by atoms with Crippen molar-refractivity contribution in [1.29, 1.82) is 0 Å². The van der Waals surface area contributed by atoms with Gasteiger partial charge in [0.05, 0.1) is 6.04 Å². The van der Waals surface area contributed by atoms with Crippen LogP contribution in [0.15, 0.2) is 24.3 Å². The Morgan fingerprint density at radius 1 is 1.35 bits per heavy atom. The van der Waals surface area contributed by atoms with Crippen molar-refractivity contribution >= 4 is 5.78 Å². The minimum absolute atomic E-state index is 0.0650. The molecule has 1 unspecified atom stereocenters. The van der Waals surface area contributed by atoms with Crippen molar-refractivity contribution < 1.29 is 13.9 Å². The van der Waals surface area contributed by atoms with E-state index in [1.165, 1.54) is 12.1 Å². The number of halogens is 1. The van der Waals surface area contributed by atoms with Crippen LogP contribution >= 0.6 is 0 Å². The van der Waals surface area contributed by atoms with Gasteiger partial charge >= 0.3 is 0 Å². The second kappa shape index (κ2) is 6.95. The number of ether oxygens (including phenoxy) is 1. The molecule has 0 aliphatic carbocycles. The highest BCUT2D eigenvalue weighted by Gasteiger charge is 2.27. The van der Waals surface area contributed by atoms with Crippen LogP contribution in [0.1, 0.15) is 30.1 Å². The molecular weight excluding hydrogens is 257 g/mol. The molecule has 1 heterocycles. The highest BCUT2D eigenvalue weighted by molar-refractivity contribution is 5.99. The van der Waals surface area contributed by atoms with Crippen molar-refractivity contribution in [3.05, 3.63) is 35.6 Å². The van der Waals surface area contributed by atoms with E-state index in [-0.39, 0.29) is 17.6 Å². The Kier molecular flexibility index (Phi) is 5.26. The van der Waals surface area contributed by atoms with Gasteiger partial charge in [-0.25, -0.2) is 4.39 Å². The molecule has 1 aromatic rings. The molecule has 0 bridgehead atoms. The summed E-state index contributed by atoms with van der Waals surface area (Å²) in [5, 5.41) is 0. The first-order chi connectivity index (χ1) is 9.61. The van der Waals surface area contributed by atoms with Gasteiger partial charge in [0.25, 0.3) is 0 Å². The third-order valence-corrected chi connectivity index (χ3v) is 4.11. The van der Waals surface area contributed by atoms with E-state index in [0.29, 0.717) is 11.5 Å². The largest absolute Gasteiger partial charge is 0.384 e. The second-order valence-electron chi connectivity index (χ2n) is 5.48. The van der Waals surface area contributed by atoms with Crippen molar-refractivity contribution in [1.82, 2.24) is 4.90 Å². The zero-order valence-corrected chi connectivity index (χ0v) is 12.1. The van der Waals surface area contributed by atoms with Crippen molar-refractivity contribution in [3.8, 4) is 0 Å². The number of ketones is 1. The Balaban J connectivity index is 1.93. The predicted molar refractivity (Wildman–Crippen MR) is 76.4 cm³/mol. The fourth-order valence-corrected chi connectivity index (χ4v) is 2.76. The van der Waals surface area contributed by atoms with Gasteiger partial charge in [0.15, 0.2) is 5.78 Å². The van der Waals surface area contributed by atoms with Gasteiger partial charge in [-0.05, 0) is 63.0 Å². The lowest BCUT2D eigenvalue weighted by Crippen LogP contribution is -2.44. The third kappa shape index (κ3) is 3.64. The van der Waals surface area contributed by atoms with Crippen LogP contribution < -0.4 is 0 Å². The Morgan fingerprint density at radius 3 is 2.50 bits per heavy atom. The van der Waals surface area contributed by atoms with E-state index in [1.54, 1.807) is 19.2 Å². The number of carbonyl (C=O) groups is 1. The molecule has 1 saturated heterocycles. The van der Waals surface area contributed by atoms with E-state index in [2.05, 4.69) is 4.90 Å². The van der Waals surface area contributed by atoms with Crippen LogP contribution in [-0.4, -0.2) is 43.5 Å². The molecular formula is C16H22FNO2. The highest BCUT2D eigenvalue weighted by Crippen LogP contribution is 2.20. The summed E-state index contributed by atoms with van der Waals surface area (Å²) in [4.78, 5) is 14.6. The summed E-state index contributed by atoms with van der Waals surface area (Å²) in [5.41, 5.74) is 0.581. The number of hydrogen-bond acceptors (Lipinski definition) is 3. The minimum Gasteiger partial charge on any atom is -0.384 e. The van der Waals surface area contributed by atoms with Crippen molar-refractivity contribution in [2.24, 2.45) is 5.92 Å². The van der Waals surface area contributed by atoms with E-state index in [9.17, 15) is 9.18 Å². The fourth-order valence-electron chi connectivity index (χ4n) is 2.76. The van der Waals surface area contributed by atoms with Crippen LogP contribution in [0.2, 0.25) is 0 Å². The molecule has 3 nitrogen and oxygen atoms in total. The lowest BCUT2D eigenvalue weighted by Gasteiger charge is -2.35. The molecule has 1 fully saturated rings. The topological polar surface area (TPSA) is 29.5 Å². The molecule has 0 spiro atoms. The van der Waals surface area contributed by atoms with Gasteiger partial charge in [0, 0.05) is 19.3 Å². The summed E-state index contributed by atoms with van der Waals surface area (Å²) in [6, 6.07) is 5.65. The quantitative estimate of drug-likeness (QED) is 0.776. The second-order valence-corrected chi connectivity index (χ2v) is 5.48. The number of benzene rings is 1. The Morgan fingerprint density at radius 2 is 1.95 bits per heavy atom. The van der Waals surface area contributed by atoms with E-state index < -0.39 is 0 Å². The minimum atomic E-state index is -0.311. The standard InChI is InChI=1S/C16H22FNO2/c1-12(16(19)14-3-5-15(17)6-4-14)18-9-7-13(8-10-18)11-20-2/h3-6,12-13H,7-11H2,1-2H3. The number of nitrogens with zero attached hydrogens (tertiary/aromatic N) is 1. The molecule has 0 N–H and O–H groups in total. The molecule has 1 aromatic carbocycles. The molecule has 110 valence electrons. The van der Waals surface area contributed by atoms with Crippen LogP contribution in [0.3, 0.4) is 0 Å². The summed E-state index contributed by atoms with van der Waals surface area (Å²) in [6.45, 7) is 4.57. The fraction of sp³-hybridized carbons (Fsp3) is 0.562. The van der Waals surface area contributed by atoms with Crippen LogP contribution in [0.5, 0.6) is 0 Å². The summed E-state index contributed by atoms with van der Waals surface area (Å²) < 4.78 is 18.1. The van der Waals surface area contributed by atoms with E-state index >= 15 is 0 Å². The third-order valence-electron chi connectivity index (χ3n) is 4.11. The predicted octanol–water partition coefficient (Wildman–Crippen LogP) is 2.76. The number of piperidine rings is 1. The van der Waals surface area contributed by atoms with Gasteiger partial charge in [0.1, 0.15) is 5.82 Å². The Hall–Kier alpha value is -1.26. The molecule has 1 aliphatic heterocycles. The van der Waals surface area contributed by atoms with Crippen molar-refractivity contribution in [2.45, 2.75) is 25.8 Å². The average Bonchev–Trinajstić information content (AvgIpc) is 2.48. The maximum atomic E-state index is 12.9. The molecule has 20 heavy (non-hydrogen) atoms. The highest BCUT2D eigenvalue weighted by atomic mass is 19.1. The van der Waals surface area contributed by atoms with Crippen LogP contribution in [0, 0.1) is 11.7 Å². The first-order valence-corrected chi connectivity index (χ1v) is 7.14. The number of Topliss-reactive ketones (excluding diaryl/α,β-unsaturated/α-hetero) is 1. The maximum Gasteiger partial charge on any atom is 0.179 e. The molecule has 0 aromatic heterocycles. The molecule has 1 aliphatic rings. The normalized spacial score (nSPS) is 18.9. The van der Waals surface area contributed by atoms with Gasteiger partial charge < -0.3 is 4.74 Å². The van der Waals surface area contributed by atoms with Crippen molar-refractivity contribution in [3.63, 3.8) is 0 Å². The molecule has 1 atom stereocenters. The monoisotopic (exact) mass is 279 g/mol. The lowest BCUT2D eigenvalue weighted by molar-refractivity contribution is 0.0661. The van der Waals surface area contributed by atoms with Gasteiger partial charge in [-0.3, -0.25) is 9.69 Å². The van der Waals surface area contributed by atoms with Crippen LogP contribution in [-0.2, 0) is 4.74 Å². The number of rotatable bonds is 5. The molecule has 0 saturated carbocycles. The van der Waals surface area contributed by atoms with Crippen molar-refractivity contribution in [2.75, 3.05) is 26.8 Å². The van der Waals surface area contributed by atoms with E-state index in [0.717, 1.165) is 32.5 Å². The summed E-state index contributed by atoms with van der Waals surface area (Å²) >= 11 is 0. The number of methoxy groups -OCH3 is 1. The lowest BCUT2D eigenvalue weighted by atomic mass is 9.95. The smallest absolute Gasteiger partial charge is 0.179 e. The molecule has 0 radical (unpaired) electrons. The maximum absolute atomic E-state index is 12.9. The molecule has 4 heteroatoms. The van der Waals surface area contributed by atoms with Crippen LogP contribution in [0.25, 0.3) is 0 Å². The number of carbonyl (C=O) groups excluding carboxylic acids is 1. The van der Waals surface area contributed by atoms with Crippen LogP contribution in [0.4, 0.5) is 4.39 Å². The number of hydrogen-bond donors (Lipinski definition) is 0. The number of likely N-dealkylation sites (tertiary alicyclic amines) is 1. The zero-order valence-electron chi connectivity index (χ0n) is 12.1.